The monoisotopic (exact) mass is 249 g/mol. The standard InChI is InChI=1S/C9H15NO3S2/c1-7(6-11)5-10-15(12,13)9-4-3-8(2)14-9/h3-4,7,10-11H,5-6H2,1-2H3. The number of hydrogen-bond donors (Lipinski definition) is 2. The largest absolute Gasteiger partial charge is 0.396 e. The van der Waals surface area contributed by atoms with Crippen LogP contribution in [-0.2, 0) is 10.0 Å². The lowest BCUT2D eigenvalue weighted by atomic mass is 10.2. The Labute approximate surface area is 94.0 Å². The van der Waals surface area contributed by atoms with E-state index in [2.05, 4.69) is 4.72 Å². The minimum absolute atomic E-state index is 0.0218. The number of aryl methyl sites for hydroxylation is 1. The summed E-state index contributed by atoms with van der Waals surface area (Å²) in [5.74, 6) is -0.0687. The van der Waals surface area contributed by atoms with E-state index in [1.54, 1.807) is 19.1 Å². The van der Waals surface area contributed by atoms with E-state index in [9.17, 15) is 8.42 Å². The summed E-state index contributed by atoms with van der Waals surface area (Å²) in [6.45, 7) is 3.88. The highest BCUT2D eigenvalue weighted by atomic mass is 32.2. The topological polar surface area (TPSA) is 66.4 Å². The van der Waals surface area contributed by atoms with Gasteiger partial charge in [0.25, 0.3) is 0 Å². The number of sulfonamides is 1. The molecule has 0 aliphatic carbocycles. The Morgan fingerprint density at radius 3 is 2.67 bits per heavy atom. The second-order valence-electron chi connectivity index (χ2n) is 3.50. The molecule has 0 radical (unpaired) electrons. The van der Waals surface area contributed by atoms with Crippen LogP contribution < -0.4 is 4.72 Å². The highest BCUT2D eigenvalue weighted by Crippen LogP contribution is 2.20. The van der Waals surface area contributed by atoms with Gasteiger partial charge in [0.2, 0.25) is 10.0 Å². The van der Waals surface area contributed by atoms with E-state index in [-0.39, 0.29) is 19.1 Å². The third-order valence-electron chi connectivity index (χ3n) is 1.91. The second kappa shape index (κ2) is 5.07. The zero-order valence-electron chi connectivity index (χ0n) is 8.73. The van der Waals surface area contributed by atoms with Crippen LogP contribution >= 0.6 is 11.3 Å². The molecule has 0 saturated carbocycles. The first-order valence-corrected chi connectivity index (χ1v) is 6.92. The normalized spacial score (nSPS) is 14.1. The first kappa shape index (κ1) is 12.6. The molecule has 1 unspecified atom stereocenters. The molecule has 0 spiro atoms. The molecule has 1 aromatic heterocycles. The zero-order valence-corrected chi connectivity index (χ0v) is 10.4. The molecule has 86 valence electrons. The molecule has 4 nitrogen and oxygen atoms in total. The van der Waals surface area contributed by atoms with Gasteiger partial charge in [0.1, 0.15) is 4.21 Å². The van der Waals surface area contributed by atoms with Crippen molar-refractivity contribution in [2.45, 2.75) is 18.1 Å². The molecule has 0 aliphatic heterocycles. The number of rotatable bonds is 5. The van der Waals surface area contributed by atoms with Crippen molar-refractivity contribution in [3.05, 3.63) is 17.0 Å². The van der Waals surface area contributed by atoms with E-state index in [1.807, 2.05) is 6.92 Å². The van der Waals surface area contributed by atoms with Crippen molar-refractivity contribution >= 4 is 21.4 Å². The van der Waals surface area contributed by atoms with Crippen LogP contribution in [0.2, 0.25) is 0 Å². The molecule has 0 aliphatic rings. The van der Waals surface area contributed by atoms with E-state index >= 15 is 0 Å². The summed E-state index contributed by atoms with van der Waals surface area (Å²) in [4.78, 5) is 0.964. The van der Waals surface area contributed by atoms with Crippen LogP contribution in [0.1, 0.15) is 11.8 Å². The van der Waals surface area contributed by atoms with Crippen LogP contribution in [-0.4, -0.2) is 26.7 Å². The summed E-state index contributed by atoms with van der Waals surface area (Å²) in [5.41, 5.74) is 0. The van der Waals surface area contributed by atoms with Gasteiger partial charge in [-0.3, -0.25) is 0 Å². The van der Waals surface area contributed by atoms with Crippen molar-refractivity contribution in [2.75, 3.05) is 13.2 Å². The van der Waals surface area contributed by atoms with Gasteiger partial charge in [-0.25, -0.2) is 13.1 Å². The maximum absolute atomic E-state index is 11.7. The van der Waals surface area contributed by atoms with Gasteiger partial charge >= 0.3 is 0 Å². The van der Waals surface area contributed by atoms with Gasteiger partial charge in [-0.15, -0.1) is 11.3 Å². The van der Waals surface area contributed by atoms with E-state index in [4.69, 9.17) is 5.11 Å². The second-order valence-corrected chi connectivity index (χ2v) is 6.79. The molecule has 15 heavy (non-hydrogen) atoms. The van der Waals surface area contributed by atoms with Crippen LogP contribution in [0.25, 0.3) is 0 Å². The van der Waals surface area contributed by atoms with Crippen LogP contribution in [0, 0.1) is 12.8 Å². The Hall–Kier alpha value is -0.430. The zero-order chi connectivity index (χ0) is 11.5. The summed E-state index contributed by atoms with van der Waals surface area (Å²) in [5, 5.41) is 8.77. The maximum atomic E-state index is 11.7. The molecule has 1 heterocycles. The first-order chi connectivity index (χ1) is 6.95. The van der Waals surface area contributed by atoms with Crippen molar-refractivity contribution in [3.63, 3.8) is 0 Å². The van der Waals surface area contributed by atoms with Crippen molar-refractivity contribution in [1.82, 2.24) is 4.72 Å². The predicted molar refractivity (Wildman–Crippen MR) is 60.5 cm³/mol. The average molecular weight is 249 g/mol. The Morgan fingerprint density at radius 2 is 2.20 bits per heavy atom. The van der Waals surface area contributed by atoms with Gasteiger partial charge < -0.3 is 5.11 Å². The molecule has 0 saturated heterocycles. The van der Waals surface area contributed by atoms with Gasteiger partial charge in [-0.2, -0.15) is 0 Å². The maximum Gasteiger partial charge on any atom is 0.250 e. The van der Waals surface area contributed by atoms with E-state index in [1.165, 1.54) is 11.3 Å². The average Bonchev–Trinajstić information content (AvgIpc) is 2.62. The Morgan fingerprint density at radius 1 is 1.53 bits per heavy atom. The quantitative estimate of drug-likeness (QED) is 0.817. The van der Waals surface area contributed by atoms with Crippen LogP contribution in [0.3, 0.4) is 0 Å². The van der Waals surface area contributed by atoms with E-state index in [0.29, 0.717) is 4.21 Å². The van der Waals surface area contributed by atoms with Gasteiger partial charge in [0.15, 0.2) is 0 Å². The fourth-order valence-corrected chi connectivity index (χ4v) is 3.44. The number of thiophene rings is 1. The summed E-state index contributed by atoms with van der Waals surface area (Å²) in [7, 11) is -3.39. The molecular formula is C9H15NO3S2. The number of aliphatic hydroxyl groups excluding tert-OH is 1. The van der Waals surface area contributed by atoms with Gasteiger partial charge in [-0.1, -0.05) is 6.92 Å². The molecule has 1 aromatic rings. The van der Waals surface area contributed by atoms with Gasteiger partial charge in [-0.05, 0) is 25.0 Å². The minimum atomic E-state index is -3.39. The highest BCUT2D eigenvalue weighted by Gasteiger charge is 2.16. The molecule has 0 amide bonds. The molecule has 0 bridgehead atoms. The van der Waals surface area contributed by atoms with E-state index < -0.39 is 10.0 Å². The van der Waals surface area contributed by atoms with Crippen molar-refractivity contribution in [3.8, 4) is 0 Å². The smallest absolute Gasteiger partial charge is 0.250 e. The lowest BCUT2D eigenvalue weighted by Crippen LogP contribution is -2.29. The van der Waals surface area contributed by atoms with Crippen LogP contribution in [0.4, 0.5) is 0 Å². The molecule has 1 atom stereocenters. The Bertz CT molecular complexity index is 411. The van der Waals surface area contributed by atoms with Crippen molar-refractivity contribution in [1.29, 1.82) is 0 Å². The molecule has 6 heteroatoms. The highest BCUT2D eigenvalue weighted by molar-refractivity contribution is 7.91. The number of aliphatic hydroxyl groups is 1. The molecule has 2 N–H and O–H groups in total. The summed E-state index contributed by atoms with van der Waals surface area (Å²) >= 11 is 1.24. The number of hydrogen-bond acceptors (Lipinski definition) is 4. The van der Waals surface area contributed by atoms with Crippen LogP contribution in [0.5, 0.6) is 0 Å². The summed E-state index contributed by atoms with van der Waals surface area (Å²) in [6.07, 6.45) is 0. The first-order valence-electron chi connectivity index (χ1n) is 4.62. The van der Waals surface area contributed by atoms with Crippen molar-refractivity contribution in [2.24, 2.45) is 5.92 Å². The lowest BCUT2D eigenvalue weighted by Gasteiger charge is -2.08. The van der Waals surface area contributed by atoms with Crippen LogP contribution in [0.15, 0.2) is 16.3 Å². The third-order valence-corrected chi connectivity index (χ3v) is 4.83. The molecule has 0 aromatic carbocycles. The molecule has 1 rings (SSSR count). The fraction of sp³-hybridized carbons (Fsp3) is 0.556. The minimum Gasteiger partial charge on any atom is -0.396 e. The molecule has 0 fully saturated rings. The Kier molecular flexibility index (Phi) is 4.27. The molecular weight excluding hydrogens is 234 g/mol. The fourth-order valence-electron chi connectivity index (χ4n) is 0.944. The SMILES string of the molecule is Cc1ccc(S(=O)(=O)NCC(C)CO)s1. The predicted octanol–water partition coefficient (Wildman–Crippen LogP) is 0.963. The summed E-state index contributed by atoms with van der Waals surface area (Å²) < 4.78 is 26.2. The third kappa shape index (κ3) is 3.57. The lowest BCUT2D eigenvalue weighted by molar-refractivity contribution is 0.238. The van der Waals surface area contributed by atoms with Gasteiger partial charge in [0.05, 0.1) is 0 Å². The van der Waals surface area contributed by atoms with E-state index in [0.717, 1.165) is 4.88 Å². The van der Waals surface area contributed by atoms with Gasteiger partial charge in [0, 0.05) is 18.0 Å². The Balaban J connectivity index is 2.68. The number of nitrogens with one attached hydrogen (secondary N) is 1. The van der Waals surface area contributed by atoms with Crippen molar-refractivity contribution < 1.29 is 13.5 Å². The summed E-state index contributed by atoms with van der Waals surface area (Å²) in [6, 6.07) is 3.36.